The molecule has 8 nitrogen and oxygen atoms in total. The number of benzene rings is 2. The molecule has 0 aliphatic rings. The van der Waals surface area contributed by atoms with Crippen molar-refractivity contribution < 1.29 is 22.4 Å². The number of rotatable bonds is 8. The van der Waals surface area contributed by atoms with Crippen molar-refractivity contribution >= 4 is 27.5 Å². The van der Waals surface area contributed by atoms with Gasteiger partial charge in [-0.25, -0.2) is 22.5 Å². The van der Waals surface area contributed by atoms with Gasteiger partial charge in [0, 0.05) is 17.5 Å². The topological polar surface area (TPSA) is 117 Å². The number of anilines is 1. The number of hydrogen-bond donors (Lipinski definition) is 3. The Morgan fingerprint density at radius 2 is 1.63 bits per heavy atom. The van der Waals surface area contributed by atoms with Crippen molar-refractivity contribution in [3.05, 3.63) is 89.9 Å². The van der Waals surface area contributed by atoms with E-state index in [-0.39, 0.29) is 22.7 Å². The largest absolute Gasteiger partial charge is 0.340 e. The van der Waals surface area contributed by atoms with Crippen molar-refractivity contribution in [1.29, 1.82) is 0 Å². The minimum Gasteiger partial charge on any atom is -0.340 e. The number of nitrogens with one attached hydrogen (secondary N) is 3. The van der Waals surface area contributed by atoms with Gasteiger partial charge in [-0.05, 0) is 62.7 Å². The van der Waals surface area contributed by atoms with Crippen LogP contribution in [-0.4, -0.2) is 36.8 Å². The normalized spacial score (nSPS) is 12.6. The number of aromatic nitrogens is 1. The second kappa shape index (κ2) is 10.7. The molecule has 3 aromatic rings. The summed E-state index contributed by atoms with van der Waals surface area (Å²) in [4.78, 5) is 29.7. The molecule has 35 heavy (non-hydrogen) atoms. The summed E-state index contributed by atoms with van der Waals surface area (Å²) in [5, 5.41) is 5.16. The van der Waals surface area contributed by atoms with E-state index in [9.17, 15) is 22.4 Å². The predicted octanol–water partition coefficient (Wildman–Crippen LogP) is 3.28. The van der Waals surface area contributed by atoms with Crippen molar-refractivity contribution in [3.63, 3.8) is 0 Å². The highest BCUT2D eigenvalue weighted by atomic mass is 32.2. The van der Waals surface area contributed by atoms with Gasteiger partial charge in [-0.15, -0.1) is 0 Å². The minimum absolute atomic E-state index is 0.184. The van der Waals surface area contributed by atoms with Gasteiger partial charge in [0.05, 0.1) is 11.9 Å². The van der Waals surface area contributed by atoms with Crippen LogP contribution in [0, 0.1) is 5.82 Å². The van der Waals surface area contributed by atoms with E-state index in [4.69, 9.17) is 0 Å². The van der Waals surface area contributed by atoms with Gasteiger partial charge in [-0.1, -0.05) is 30.3 Å². The molecule has 184 valence electrons. The summed E-state index contributed by atoms with van der Waals surface area (Å²) < 4.78 is 40.6. The fourth-order valence-electron chi connectivity index (χ4n) is 3.20. The third-order valence-electron chi connectivity index (χ3n) is 4.73. The highest BCUT2D eigenvalue weighted by molar-refractivity contribution is 7.89. The zero-order valence-electron chi connectivity index (χ0n) is 19.6. The van der Waals surface area contributed by atoms with Crippen LogP contribution in [0.25, 0.3) is 0 Å². The quantitative estimate of drug-likeness (QED) is 0.441. The lowest BCUT2D eigenvalue weighted by Crippen LogP contribution is -2.45. The fraction of sp³-hybridized carbons (Fsp3) is 0.240. The van der Waals surface area contributed by atoms with E-state index in [1.165, 1.54) is 30.5 Å². The smallest absolute Gasteiger partial charge is 0.258 e. The van der Waals surface area contributed by atoms with E-state index < -0.39 is 39.2 Å². The summed E-state index contributed by atoms with van der Waals surface area (Å²) >= 11 is 0. The maximum absolute atomic E-state index is 13.2. The number of hydrogen-bond acceptors (Lipinski definition) is 5. The molecule has 0 spiro atoms. The van der Waals surface area contributed by atoms with Gasteiger partial charge < -0.3 is 10.6 Å². The van der Waals surface area contributed by atoms with Crippen LogP contribution in [0.2, 0.25) is 0 Å². The molecule has 10 heteroatoms. The summed E-state index contributed by atoms with van der Waals surface area (Å²) in [6.45, 7) is 5.14. The first-order valence-corrected chi connectivity index (χ1v) is 12.3. The Hall–Kier alpha value is -3.63. The lowest BCUT2D eigenvalue weighted by Gasteiger charge is -2.20. The molecule has 0 saturated heterocycles. The molecule has 0 unspecified atom stereocenters. The summed E-state index contributed by atoms with van der Waals surface area (Å²) in [5.41, 5.74) is 0.611. The van der Waals surface area contributed by atoms with E-state index in [0.29, 0.717) is 0 Å². The number of amides is 2. The fourth-order valence-corrected chi connectivity index (χ4v) is 4.55. The van der Waals surface area contributed by atoms with E-state index in [2.05, 4.69) is 20.3 Å². The van der Waals surface area contributed by atoms with Gasteiger partial charge in [0.2, 0.25) is 5.91 Å². The first kappa shape index (κ1) is 26.0. The molecule has 3 N–H and O–H groups in total. The van der Waals surface area contributed by atoms with Crippen molar-refractivity contribution in [1.82, 2.24) is 15.0 Å². The molecule has 0 aliphatic heterocycles. The Bertz CT molecular complexity index is 1270. The highest BCUT2D eigenvalue weighted by Gasteiger charge is 2.25. The third kappa shape index (κ3) is 7.69. The Kier molecular flexibility index (Phi) is 7.98. The Labute approximate surface area is 204 Å². The van der Waals surface area contributed by atoms with Crippen molar-refractivity contribution in [2.24, 2.45) is 0 Å². The first-order valence-electron chi connectivity index (χ1n) is 10.8. The molecular weight excluding hydrogens is 471 g/mol. The monoisotopic (exact) mass is 498 g/mol. The summed E-state index contributed by atoms with van der Waals surface area (Å²) in [6, 6.07) is 15.9. The van der Waals surface area contributed by atoms with Gasteiger partial charge in [-0.3, -0.25) is 9.59 Å². The molecular formula is C25H27FN4O4S. The summed E-state index contributed by atoms with van der Waals surface area (Å²) in [5.74, 6) is -1.53. The van der Waals surface area contributed by atoms with E-state index in [0.717, 1.165) is 17.7 Å². The van der Waals surface area contributed by atoms with E-state index >= 15 is 0 Å². The maximum atomic E-state index is 13.2. The molecule has 2 amide bonds. The van der Waals surface area contributed by atoms with Gasteiger partial charge in [0.25, 0.3) is 15.9 Å². The maximum Gasteiger partial charge on any atom is 0.258 e. The van der Waals surface area contributed by atoms with Crippen LogP contribution >= 0.6 is 0 Å². The lowest BCUT2D eigenvalue weighted by atomic mass is 10.0. The first-order chi connectivity index (χ1) is 16.4. The molecule has 1 heterocycles. The minimum atomic E-state index is -3.83. The molecule has 0 aliphatic carbocycles. The summed E-state index contributed by atoms with van der Waals surface area (Å²) in [7, 11) is -3.83. The van der Waals surface area contributed by atoms with Crippen LogP contribution in [0.15, 0.2) is 78.0 Å². The number of carbonyl (C=O) groups is 2. The SMILES string of the molecule is CC(C)(C)NS(=O)(=O)c1ccc(NC(=O)[C@H](Cc2ccccc2)NC(=O)c2ccc(F)cc2)cn1. The van der Waals surface area contributed by atoms with Crippen LogP contribution in [0.3, 0.4) is 0 Å². The molecule has 0 fully saturated rings. The Morgan fingerprint density at radius 3 is 2.20 bits per heavy atom. The van der Waals surface area contributed by atoms with E-state index in [1.54, 1.807) is 20.8 Å². The second-order valence-electron chi connectivity index (χ2n) is 8.95. The number of pyridine rings is 1. The van der Waals surface area contributed by atoms with E-state index in [1.807, 2.05) is 30.3 Å². The zero-order valence-corrected chi connectivity index (χ0v) is 20.4. The lowest BCUT2D eigenvalue weighted by molar-refractivity contribution is -0.118. The van der Waals surface area contributed by atoms with Gasteiger partial charge >= 0.3 is 0 Å². The van der Waals surface area contributed by atoms with Gasteiger partial charge in [-0.2, -0.15) is 0 Å². The predicted molar refractivity (Wildman–Crippen MR) is 131 cm³/mol. The molecule has 1 aromatic heterocycles. The number of carbonyl (C=O) groups excluding carboxylic acids is 2. The van der Waals surface area contributed by atoms with Crippen LogP contribution in [-0.2, 0) is 21.2 Å². The van der Waals surface area contributed by atoms with Crippen LogP contribution < -0.4 is 15.4 Å². The summed E-state index contributed by atoms with van der Waals surface area (Å²) in [6.07, 6.45) is 1.44. The van der Waals surface area contributed by atoms with Gasteiger partial charge in [0.1, 0.15) is 11.9 Å². The Balaban J connectivity index is 1.77. The van der Waals surface area contributed by atoms with Crippen molar-refractivity contribution in [3.8, 4) is 0 Å². The molecule has 2 aromatic carbocycles. The molecule has 0 saturated carbocycles. The molecule has 0 bridgehead atoms. The van der Waals surface area contributed by atoms with Crippen LogP contribution in [0.4, 0.5) is 10.1 Å². The number of sulfonamides is 1. The van der Waals surface area contributed by atoms with Crippen LogP contribution in [0.5, 0.6) is 0 Å². The molecule has 3 rings (SSSR count). The Morgan fingerprint density at radius 1 is 0.971 bits per heavy atom. The molecule has 1 atom stereocenters. The highest BCUT2D eigenvalue weighted by Crippen LogP contribution is 2.15. The zero-order chi connectivity index (χ0) is 25.6. The third-order valence-corrected chi connectivity index (χ3v) is 6.40. The van der Waals surface area contributed by atoms with Crippen molar-refractivity contribution in [2.45, 2.75) is 43.8 Å². The number of nitrogens with zero attached hydrogens (tertiary/aromatic N) is 1. The van der Waals surface area contributed by atoms with Gasteiger partial charge in [0.15, 0.2) is 5.03 Å². The number of halogens is 1. The average Bonchev–Trinajstić information content (AvgIpc) is 2.78. The van der Waals surface area contributed by atoms with Crippen LogP contribution in [0.1, 0.15) is 36.7 Å². The standard InChI is InChI=1S/C25H27FN4O4S/c1-25(2,3)30-35(33,34)22-14-13-20(16-27-22)28-24(32)21(15-17-7-5-4-6-8-17)29-23(31)18-9-11-19(26)12-10-18/h4-14,16,21,30H,15H2,1-3H3,(H,28,32)(H,29,31)/t21-/m0/s1. The second-order valence-corrected chi connectivity index (χ2v) is 10.6. The average molecular weight is 499 g/mol. The van der Waals surface area contributed by atoms with Crippen molar-refractivity contribution in [2.75, 3.05) is 5.32 Å². The molecule has 0 radical (unpaired) electrons.